The first-order valence-electron chi connectivity index (χ1n) is 7.25. The molecule has 2 aromatic rings. The van der Waals surface area contributed by atoms with Gasteiger partial charge in [0.15, 0.2) is 0 Å². The highest BCUT2D eigenvalue weighted by atomic mass is 16.5. The Morgan fingerprint density at radius 3 is 2.13 bits per heavy atom. The van der Waals surface area contributed by atoms with Gasteiger partial charge in [0.1, 0.15) is 6.42 Å². The van der Waals surface area contributed by atoms with Crippen molar-refractivity contribution in [3.63, 3.8) is 0 Å². The van der Waals surface area contributed by atoms with Gasteiger partial charge in [-0.3, -0.25) is 19.7 Å². The number of carbonyl (C=O) groups excluding carboxylic acids is 3. The van der Waals surface area contributed by atoms with Crippen molar-refractivity contribution in [3.05, 3.63) is 60.2 Å². The van der Waals surface area contributed by atoms with E-state index in [0.717, 1.165) is 11.1 Å². The van der Waals surface area contributed by atoms with Crippen LogP contribution in [-0.4, -0.2) is 24.4 Å². The van der Waals surface area contributed by atoms with Crippen LogP contribution in [0.2, 0.25) is 0 Å². The van der Waals surface area contributed by atoms with Crippen molar-refractivity contribution in [2.45, 2.75) is 13.3 Å². The van der Waals surface area contributed by atoms with Gasteiger partial charge in [-0.15, -0.1) is 0 Å². The van der Waals surface area contributed by atoms with Crippen LogP contribution in [0.4, 0.5) is 0 Å². The van der Waals surface area contributed by atoms with Crippen LogP contribution in [0.15, 0.2) is 54.6 Å². The number of hydrogen-bond donors (Lipinski definition) is 1. The molecular formula is C18H17NO4. The van der Waals surface area contributed by atoms with Crippen molar-refractivity contribution in [2.75, 3.05) is 6.61 Å². The smallest absolute Gasteiger partial charge is 0.315 e. The minimum absolute atomic E-state index is 0.195. The monoisotopic (exact) mass is 311 g/mol. The topological polar surface area (TPSA) is 72.5 Å². The first-order chi connectivity index (χ1) is 11.1. The zero-order valence-corrected chi connectivity index (χ0v) is 12.7. The number of rotatable bonds is 5. The number of benzene rings is 2. The Bertz CT molecular complexity index is 693. The number of ether oxygens (including phenoxy) is 1. The number of hydrogen-bond acceptors (Lipinski definition) is 4. The highest BCUT2D eigenvalue weighted by molar-refractivity contribution is 6.08. The Morgan fingerprint density at radius 1 is 0.913 bits per heavy atom. The molecule has 0 fully saturated rings. The molecule has 0 heterocycles. The summed E-state index contributed by atoms with van der Waals surface area (Å²) in [4.78, 5) is 34.7. The van der Waals surface area contributed by atoms with Gasteiger partial charge >= 0.3 is 5.97 Å². The van der Waals surface area contributed by atoms with E-state index in [-0.39, 0.29) is 6.61 Å². The predicted octanol–water partition coefficient (Wildman–Crippen LogP) is 2.56. The summed E-state index contributed by atoms with van der Waals surface area (Å²) in [5, 5.41) is 2.17. The maximum Gasteiger partial charge on any atom is 0.315 e. The first kappa shape index (κ1) is 16.4. The molecule has 0 aliphatic rings. The van der Waals surface area contributed by atoms with E-state index in [1.807, 2.05) is 30.3 Å². The lowest BCUT2D eigenvalue weighted by Gasteiger charge is -2.06. The molecule has 0 aromatic heterocycles. The molecule has 2 aromatic carbocycles. The van der Waals surface area contributed by atoms with Gasteiger partial charge in [0.05, 0.1) is 6.61 Å². The summed E-state index contributed by atoms with van der Waals surface area (Å²) in [5.41, 5.74) is 2.36. The van der Waals surface area contributed by atoms with Crippen LogP contribution in [0.5, 0.6) is 0 Å². The summed E-state index contributed by atoms with van der Waals surface area (Å²) in [6.45, 7) is 1.84. The quantitative estimate of drug-likeness (QED) is 0.680. The molecule has 0 unspecified atom stereocenters. The number of esters is 1. The molecule has 2 amide bonds. The third kappa shape index (κ3) is 4.78. The molecule has 1 N–H and O–H groups in total. The Balaban J connectivity index is 1.98. The molecule has 0 aliphatic carbocycles. The highest BCUT2D eigenvalue weighted by Gasteiger charge is 2.14. The van der Waals surface area contributed by atoms with E-state index in [0.29, 0.717) is 5.56 Å². The van der Waals surface area contributed by atoms with E-state index in [1.54, 1.807) is 31.2 Å². The Kier molecular flexibility index (Phi) is 5.63. The second kappa shape index (κ2) is 7.89. The minimum Gasteiger partial charge on any atom is -0.466 e. The Labute approximate surface area is 134 Å². The molecule has 0 radical (unpaired) electrons. The summed E-state index contributed by atoms with van der Waals surface area (Å²) in [6, 6.07) is 16.6. The molecule has 0 aliphatic heterocycles. The molecule has 118 valence electrons. The van der Waals surface area contributed by atoms with Crippen molar-refractivity contribution in [3.8, 4) is 11.1 Å². The van der Waals surface area contributed by atoms with Crippen molar-refractivity contribution in [2.24, 2.45) is 0 Å². The van der Waals surface area contributed by atoms with Gasteiger partial charge in [-0.2, -0.15) is 0 Å². The van der Waals surface area contributed by atoms with E-state index in [2.05, 4.69) is 10.1 Å². The number of nitrogens with one attached hydrogen (secondary N) is 1. The van der Waals surface area contributed by atoms with E-state index >= 15 is 0 Å². The van der Waals surface area contributed by atoms with Crippen molar-refractivity contribution < 1.29 is 19.1 Å². The van der Waals surface area contributed by atoms with Gasteiger partial charge in [-0.25, -0.2) is 0 Å². The maximum atomic E-state index is 12.0. The number of carbonyl (C=O) groups is 3. The third-order valence-corrected chi connectivity index (χ3v) is 3.12. The normalized spacial score (nSPS) is 9.96. The van der Waals surface area contributed by atoms with Gasteiger partial charge in [0.25, 0.3) is 5.91 Å². The van der Waals surface area contributed by atoms with Gasteiger partial charge in [0.2, 0.25) is 5.91 Å². The lowest BCUT2D eigenvalue weighted by atomic mass is 10.0. The molecule has 5 heteroatoms. The summed E-state index contributed by atoms with van der Waals surface area (Å²) in [5.74, 6) is -1.88. The van der Waals surface area contributed by atoms with Crippen molar-refractivity contribution in [1.29, 1.82) is 0 Å². The molecule has 0 bridgehead atoms. The largest absolute Gasteiger partial charge is 0.466 e. The van der Waals surface area contributed by atoms with Crippen LogP contribution < -0.4 is 5.32 Å². The van der Waals surface area contributed by atoms with Crippen LogP contribution in [0.25, 0.3) is 11.1 Å². The van der Waals surface area contributed by atoms with Crippen LogP contribution in [0.1, 0.15) is 23.7 Å². The molecule has 2 rings (SSSR count). The van der Waals surface area contributed by atoms with Gasteiger partial charge in [-0.05, 0) is 30.2 Å². The van der Waals surface area contributed by atoms with E-state index < -0.39 is 24.2 Å². The fourth-order valence-electron chi connectivity index (χ4n) is 2.03. The van der Waals surface area contributed by atoms with Crippen LogP contribution in [0, 0.1) is 0 Å². The van der Waals surface area contributed by atoms with E-state index in [9.17, 15) is 14.4 Å². The summed E-state index contributed by atoms with van der Waals surface area (Å²) >= 11 is 0. The van der Waals surface area contributed by atoms with E-state index in [1.165, 1.54) is 0 Å². The van der Waals surface area contributed by atoms with Crippen LogP contribution in [0.3, 0.4) is 0 Å². The highest BCUT2D eigenvalue weighted by Crippen LogP contribution is 2.19. The second-order valence-electron chi connectivity index (χ2n) is 4.80. The lowest BCUT2D eigenvalue weighted by Crippen LogP contribution is -2.32. The minimum atomic E-state index is -0.680. The van der Waals surface area contributed by atoms with Crippen LogP contribution in [-0.2, 0) is 14.3 Å². The maximum absolute atomic E-state index is 12.0. The van der Waals surface area contributed by atoms with Crippen LogP contribution >= 0.6 is 0 Å². The fraction of sp³-hybridized carbons (Fsp3) is 0.167. The van der Waals surface area contributed by atoms with Gasteiger partial charge in [0, 0.05) is 5.56 Å². The molecule has 0 saturated heterocycles. The average molecular weight is 311 g/mol. The second-order valence-corrected chi connectivity index (χ2v) is 4.80. The zero-order valence-electron chi connectivity index (χ0n) is 12.7. The third-order valence-electron chi connectivity index (χ3n) is 3.12. The first-order valence-corrected chi connectivity index (χ1v) is 7.25. The summed E-state index contributed by atoms with van der Waals surface area (Å²) < 4.78 is 4.65. The number of imide groups is 1. The Morgan fingerprint density at radius 2 is 1.52 bits per heavy atom. The summed E-state index contributed by atoms with van der Waals surface area (Å²) in [7, 11) is 0. The molecule has 0 saturated carbocycles. The number of amides is 2. The van der Waals surface area contributed by atoms with Gasteiger partial charge in [-0.1, -0.05) is 42.5 Å². The zero-order chi connectivity index (χ0) is 16.7. The lowest BCUT2D eigenvalue weighted by molar-refractivity contribution is -0.145. The molecule has 23 heavy (non-hydrogen) atoms. The summed E-state index contributed by atoms with van der Waals surface area (Å²) in [6.07, 6.45) is -0.471. The molecule has 5 nitrogen and oxygen atoms in total. The molecule has 0 spiro atoms. The molecular weight excluding hydrogens is 294 g/mol. The Hall–Kier alpha value is -2.95. The predicted molar refractivity (Wildman–Crippen MR) is 85.6 cm³/mol. The van der Waals surface area contributed by atoms with E-state index in [4.69, 9.17) is 0 Å². The standard InChI is InChI=1S/C18H17NO4/c1-2-23-17(21)12-16(20)19-18(22)15-10-8-14(9-11-15)13-6-4-3-5-7-13/h3-11H,2,12H2,1H3,(H,19,20,22). The fourth-order valence-corrected chi connectivity index (χ4v) is 2.03. The van der Waals surface area contributed by atoms with Gasteiger partial charge < -0.3 is 4.74 Å². The SMILES string of the molecule is CCOC(=O)CC(=O)NC(=O)c1ccc(-c2ccccc2)cc1. The average Bonchev–Trinajstić information content (AvgIpc) is 2.56. The van der Waals surface area contributed by atoms with Crippen molar-refractivity contribution in [1.82, 2.24) is 5.32 Å². The van der Waals surface area contributed by atoms with Crippen molar-refractivity contribution >= 4 is 17.8 Å². The molecule has 0 atom stereocenters.